The van der Waals surface area contributed by atoms with E-state index < -0.39 is 0 Å². The Morgan fingerprint density at radius 3 is 2.64 bits per heavy atom. The Hall–Kier alpha value is -1.62. The summed E-state index contributed by atoms with van der Waals surface area (Å²) in [6, 6.07) is 12.0. The van der Waals surface area contributed by atoms with Gasteiger partial charge in [0.1, 0.15) is 0 Å². The van der Waals surface area contributed by atoms with E-state index in [0.717, 1.165) is 51.1 Å². The van der Waals surface area contributed by atoms with Crippen molar-refractivity contribution >= 4 is 49.6 Å². The van der Waals surface area contributed by atoms with Gasteiger partial charge in [0.25, 0.3) is 0 Å². The fourth-order valence-corrected chi connectivity index (χ4v) is 4.06. The Bertz CT molecular complexity index is 907. The van der Waals surface area contributed by atoms with Gasteiger partial charge in [0.05, 0.1) is 5.39 Å². The van der Waals surface area contributed by atoms with Crippen molar-refractivity contribution < 1.29 is 0 Å². The maximum Gasteiger partial charge on any atom is 0.197 e. The van der Waals surface area contributed by atoms with Gasteiger partial charge in [-0.25, -0.2) is 0 Å². The molecule has 3 aromatic rings. The minimum atomic E-state index is 0. The zero-order valence-corrected chi connectivity index (χ0v) is 16.4. The van der Waals surface area contributed by atoms with Crippen LogP contribution in [0, 0.1) is 6.92 Å². The summed E-state index contributed by atoms with van der Waals surface area (Å²) in [6.07, 6.45) is 2.41. The molecule has 0 aliphatic heterocycles. The number of aryl methyl sites for hydroxylation is 1. The zero-order chi connectivity index (χ0) is 16.9. The van der Waals surface area contributed by atoms with Gasteiger partial charge in [-0.3, -0.25) is 4.79 Å². The Labute approximate surface area is 158 Å². The van der Waals surface area contributed by atoms with E-state index in [2.05, 4.69) is 30.5 Å². The van der Waals surface area contributed by atoms with Crippen LogP contribution in [0.15, 0.2) is 41.2 Å². The molecule has 0 bridgehead atoms. The Kier molecular flexibility index (Phi) is 7.24. The molecule has 1 heterocycles. The van der Waals surface area contributed by atoms with Crippen molar-refractivity contribution in [1.82, 2.24) is 5.32 Å². The van der Waals surface area contributed by atoms with Crippen molar-refractivity contribution in [1.29, 1.82) is 0 Å². The number of nitrogens with one attached hydrogen (secondary N) is 2. The molecule has 0 saturated heterocycles. The van der Waals surface area contributed by atoms with Crippen molar-refractivity contribution in [3.63, 3.8) is 0 Å². The Balaban J connectivity index is 0.00000225. The van der Waals surface area contributed by atoms with Gasteiger partial charge < -0.3 is 10.6 Å². The van der Waals surface area contributed by atoms with Gasteiger partial charge in [-0.15, -0.1) is 23.7 Å². The first kappa shape index (κ1) is 19.7. The van der Waals surface area contributed by atoms with E-state index >= 15 is 0 Å². The predicted molar refractivity (Wildman–Crippen MR) is 114 cm³/mol. The number of unbranched alkanes of at least 4 members (excludes halogenated alkanes) is 1. The third kappa shape index (κ3) is 4.32. The molecule has 3 rings (SSSR count). The van der Waals surface area contributed by atoms with Crippen LogP contribution < -0.4 is 16.1 Å². The quantitative estimate of drug-likeness (QED) is 0.453. The number of benzene rings is 2. The van der Waals surface area contributed by atoms with E-state index in [-0.39, 0.29) is 17.8 Å². The van der Waals surface area contributed by atoms with Gasteiger partial charge in [-0.1, -0.05) is 31.5 Å². The molecular formula is C20H25ClN2OS. The zero-order valence-electron chi connectivity index (χ0n) is 14.7. The minimum Gasteiger partial charge on any atom is -0.383 e. The summed E-state index contributed by atoms with van der Waals surface area (Å²) in [5.41, 5.74) is 2.23. The molecule has 1 aromatic heterocycles. The predicted octanol–water partition coefficient (Wildman–Crippen LogP) is 4.95. The van der Waals surface area contributed by atoms with Crippen LogP contribution in [0.4, 0.5) is 5.69 Å². The molecule has 5 heteroatoms. The van der Waals surface area contributed by atoms with Crippen molar-refractivity contribution in [2.75, 3.05) is 25.0 Å². The van der Waals surface area contributed by atoms with Crippen LogP contribution in [-0.2, 0) is 0 Å². The fourth-order valence-electron chi connectivity index (χ4n) is 2.89. The van der Waals surface area contributed by atoms with Crippen molar-refractivity contribution in [3.05, 3.63) is 52.2 Å². The van der Waals surface area contributed by atoms with Crippen LogP contribution in [0.1, 0.15) is 25.3 Å². The highest BCUT2D eigenvalue weighted by Crippen LogP contribution is 2.31. The summed E-state index contributed by atoms with van der Waals surface area (Å²) >= 11 is 1.70. The topological polar surface area (TPSA) is 41.1 Å². The molecule has 0 aliphatic rings. The second-order valence-electron chi connectivity index (χ2n) is 6.09. The highest BCUT2D eigenvalue weighted by atomic mass is 35.5. The Morgan fingerprint density at radius 1 is 1.04 bits per heavy atom. The first-order valence-corrected chi connectivity index (χ1v) is 9.43. The lowest BCUT2D eigenvalue weighted by atomic mass is 10.1. The molecular weight excluding hydrogens is 352 g/mol. The number of hydrogen-bond donors (Lipinski definition) is 2. The van der Waals surface area contributed by atoms with Crippen LogP contribution in [0.5, 0.6) is 0 Å². The molecule has 2 aromatic carbocycles. The lowest BCUT2D eigenvalue weighted by Gasteiger charge is -2.12. The summed E-state index contributed by atoms with van der Waals surface area (Å²) in [5.74, 6) is 0. The van der Waals surface area contributed by atoms with Crippen molar-refractivity contribution in [2.45, 2.75) is 26.7 Å². The molecule has 0 atom stereocenters. The molecule has 0 fully saturated rings. The normalized spacial score (nSPS) is 10.8. The summed E-state index contributed by atoms with van der Waals surface area (Å²) < 4.78 is 2.14. The van der Waals surface area contributed by atoms with E-state index in [1.807, 2.05) is 30.3 Å². The second-order valence-corrected chi connectivity index (χ2v) is 7.14. The molecule has 0 amide bonds. The third-order valence-corrected chi connectivity index (χ3v) is 5.56. The van der Waals surface area contributed by atoms with Gasteiger partial charge in [0, 0.05) is 33.6 Å². The monoisotopic (exact) mass is 376 g/mol. The first-order chi connectivity index (χ1) is 11.7. The van der Waals surface area contributed by atoms with Crippen LogP contribution in [0.2, 0.25) is 0 Å². The van der Waals surface area contributed by atoms with E-state index in [1.54, 1.807) is 11.3 Å². The molecule has 0 unspecified atom stereocenters. The summed E-state index contributed by atoms with van der Waals surface area (Å²) in [7, 11) is 0. The number of anilines is 1. The second kappa shape index (κ2) is 9.18. The molecule has 0 spiro atoms. The number of halogens is 1. The Morgan fingerprint density at radius 2 is 1.84 bits per heavy atom. The van der Waals surface area contributed by atoms with Crippen LogP contribution >= 0.6 is 23.7 Å². The summed E-state index contributed by atoms with van der Waals surface area (Å²) in [6.45, 7) is 7.04. The van der Waals surface area contributed by atoms with Gasteiger partial charge in [0.2, 0.25) is 0 Å². The highest BCUT2D eigenvalue weighted by molar-refractivity contribution is 7.24. The minimum absolute atomic E-state index is 0. The number of rotatable bonds is 7. The van der Waals surface area contributed by atoms with Crippen molar-refractivity contribution in [2.24, 2.45) is 0 Å². The summed E-state index contributed by atoms with van der Waals surface area (Å²) in [4.78, 5) is 13.0. The summed E-state index contributed by atoms with van der Waals surface area (Å²) in [5, 5.41) is 8.50. The molecule has 0 saturated carbocycles. The SMILES string of the molecule is CCCCNCCNc1ccc(C)c2sc3ccccc3c(=O)c12.Cl. The van der Waals surface area contributed by atoms with Gasteiger partial charge >= 0.3 is 0 Å². The first-order valence-electron chi connectivity index (χ1n) is 8.62. The van der Waals surface area contributed by atoms with E-state index in [1.165, 1.54) is 12.8 Å². The largest absolute Gasteiger partial charge is 0.383 e. The maximum absolute atomic E-state index is 13.0. The molecule has 134 valence electrons. The number of fused-ring (bicyclic) bond motifs is 2. The maximum atomic E-state index is 13.0. The smallest absolute Gasteiger partial charge is 0.197 e. The van der Waals surface area contributed by atoms with E-state index in [4.69, 9.17) is 0 Å². The molecule has 0 aliphatic carbocycles. The fraction of sp³-hybridized carbons (Fsp3) is 0.350. The van der Waals surface area contributed by atoms with Crippen molar-refractivity contribution in [3.8, 4) is 0 Å². The van der Waals surface area contributed by atoms with Crippen LogP contribution in [0.25, 0.3) is 20.2 Å². The van der Waals surface area contributed by atoms with Crippen LogP contribution in [-0.4, -0.2) is 19.6 Å². The lowest BCUT2D eigenvalue weighted by Crippen LogP contribution is -2.23. The standard InChI is InChI=1S/C20H24N2OS.ClH/c1-3-4-11-21-12-13-22-16-10-9-14(2)20-18(16)19(23)15-7-5-6-8-17(15)24-20;/h5-10,21-22H,3-4,11-13H2,1-2H3;1H. The van der Waals surface area contributed by atoms with Gasteiger partial charge in [-0.2, -0.15) is 0 Å². The van der Waals surface area contributed by atoms with Crippen LogP contribution in [0.3, 0.4) is 0 Å². The molecule has 0 radical (unpaired) electrons. The lowest BCUT2D eigenvalue weighted by molar-refractivity contribution is 0.652. The average Bonchev–Trinajstić information content (AvgIpc) is 2.60. The van der Waals surface area contributed by atoms with Gasteiger partial charge in [0.15, 0.2) is 5.43 Å². The highest BCUT2D eigenvalue weighted by Gasteiger charge is 2.11. The number of hydrogen-bond acceptors (Lipinski definition) is 4. The average molecular weight is 377 g/mol. The molecule has 3 nitrogen and oxygen atoms in total. The van der Waals surface area contributed by atoms with E-state index in [0.29, 0.717) is 0 Å². The molecule has 25 heavy (non-hydrogen) atoms. The molecule has 2 N–H and O–H groups in total. The third-order valence-electron chi connectivity index (χ3n) is 4.25. The van der Waals surface area contributed by atoms with Gasteiger partial charge in [-0.05, 0) is 43.7 Å². The van der Waals surface area contributed by atoms with E-state index in [9.17, 15) is 4.79 Å².